The lowest BCUT2D eigenvalue weighted by molar-refractivity contribution is -0.172. The molecule has 0 aromatic rings. The second-order valence-corrected chi connectivity index (χ2v) is 24.8. The maximum absolute atomic E-state index is 13.5. The number of carbonyl (C=O) groups excluding carboxylic acids is 5. The quantitative estimate of drug-likeness (QED) is 0.0349. The highest BCUT2D eigenvalue weighted by Gasteiger charge is 2.40. The van der Waals surface area contributed by atoms with Crippen LogP contribution in [0.25, 0.3) is 0 Å². The lowest BCUT2D eigenvalue weighted by Crippen LogP contribution is -2.46. The number of rotatable bonds is 65. The molecule has 0 unspecified atom stereocenters. The topological polar surface area (TPSA) is 161 Å². The molecule has 0 amide bonds. The van der Waals surface area contributed by atoms with Crippen molar-refractivity contribution >= 4 is 29.8 Å². The van der Waals surface area contributed by atoms with E-state index < -0.39 is 47.3 Å². The molecule has 12 nitrogen and oxygen atoms in total. The molecule has 1 N–H and O–H groups in total. The highest BCUT2D eigenvalue weighted by molar-refractivity contribution is 5.71. The normalized spacial score (nSPS) is 11.7. The van der Waals surface area contributed by atoms with Crippen LogP contribution in [0.5, 0.6) is 0 Å². The van der Waals surface area contributed by atoms with Crippen LogP contribution in [0.2, 0.25) is 0 Å². The van der Waals surface area contributed by atoms with E-state index in [1.807, 2.05) is 0 Å². The Morgan fingerprint density at radius 3 is 0.573 bits per heavy atom. The van der Waals surface area contributed by atoms with E-state index in [0.717, 1.165) is 96.3 Å². The minimum atomic E-state index is -1.33. The van der Waals surface area contributed by atoms with Crippen LogP contribution in [-0.4, -0.2) is 87.8 Å². The summed E-state index contributed by atoms with van der Waals surface area (Å²) in [5.74, 6) is -1.97. The number of unbranched alkanes of at least 4 members (excludes halogenated alkanes) is 40. The van der Waals surface area contributed by atoms with Crippen LogP contribution in [0, 0.1) is 10.8 Å². The molecule has 0 rings (SSSR count). The minimum Gasteiger partial charge on any atom is -0.465 e. The van der Waals surface area contributed by atoms with E-state index in [-0.39, 0.29) is 78.4 Å². The molecule has 0 aromatic heterocycles. The van der Waals surface area contributed by atoms with Gasteiger partial charge in [-0.3, -0.25) is 24.0 Å². The lowest BCUT2D eigenvalue weighted by atomic mass is 9.90. The molecule has 0 saturated carbocycles. The van der Waals surface area contributed by atoms with E-state index in [0.29, 0.717) is 32.1 Å². The summed E-state index contributed by atoms with van der Waals surface area (Å²) < 4.78 is 36.2. The number of aliphatic hydroxyl groups excluding tert-OH is 1. The summed E-state index contributed by atoms with van der Waals surface area (Å²) >= 11 is 0. The first kappa shape index (κ1) is 79.3. The number of esters is 5. The summed E-state index contributed by atoms with van der Waals surface area (Å²) in [4.78, 5) is 67.0. The molecule has 12 heteroatoms. The van der Waals surface area contributed by atoms with E-state index in [9.17, 15) is 29.1 Å². The Hall–Kier alpha value is -2.73. The van der Waals surface area contributed by atoms with Crippen LogP contribution in [0.15, 0.2) is 0 Å². The van der Waals surface area contributed by atoms with Crippen LogP contribution in [0.4, 0.5) is 0 Å². The van der Waals surface area contributed by atoms with Crippen LogP contribution in [-0.2, 0) is 52.4 Å². The number of ether oxygens (including phenoxy) is 6. The van der Waals surface area contributed by atoms with Crippen molar-refractivity contribution in [3.63, 3.8) is 0 Å². The highest BCUT2D eigenvalue weighted by Crippen LogP contribution is 2.27. The summed E-state index contributed by atoms with van der Waals surface area (Å²) in [5, 5.41) is 11.1. The molecule has 0 atom stereocenters. The highest BCUT2D eigenvalue weighted by atomic mass is 16.6. The van der Waals surface area contributed by atoms with Crippen molar-refractivity contribution < 1.29 is 57.5 Å². The van der Waals surface area contributed by atoms with Crippen molar-refractivity contribution in [2.45, 2.75) is 356 Å². The van der Waals surface area contributed by atoms with Crippen molar-refractivity contribution in [2.24, 2.45) is 10.8 Å². The van der Waals surface area contributed by atoms with Gasteiger partial charge in [0.15, 0.2) is 0 Å². The van der Waals surface area contributed by atoms with Gasteiger partial charge in [-0.1, -0.05) is 291 Å². The third-order valence-corrected chi connectivity index (χ3v) is 16.3. The van der Waals surface area contributed by atoms with Crippen LogP contribution < -0.4 is 0 Å². The molecule has 0 fully saturated rings. The van der Waals surface area contributed by atoms with Gasteiger partial charge in [-0.05, 0) is 32.1 Å². The summed E-state index contributed by atoms with van der Waals surface area (Å²) in [6.45, 7) is 8.92. The SMILES string of the molecule is CCCCCCCCCCCC(=O)OCC(CO)(COCC(COC(=O)CCCCCCCCCCC)(COC(=O)CCCCCCCCCCC)COC(=O)CCCCCCCCCCC)COC(=O)CCCCCCCCCCC. The molecular weight excluding hydrogens is 1030 g/mol. The van der Waals surface area contributed by atoms with E-state index in [4.69, 9.17) is 28.4 Å². The largest absolute Gasteiger partial charge is 0.465 e. The van der Waals surface area contributed by atoms with Gasteiger partial charge < -0.3 is 33.5 Å². The Balaban J connectivity index is 6.42. The van der Waals surface area contributed by atoms with Gasteiger partial charge in [0.2, 0.25) is 0 Å². The van der Waals surface area contributed by atoms with Gasteiger partial charge in [-0.15, -0.1) is 0 Å². The zero-order chi connectivity index (χ0) is 60.1. The van der Waals surface area contributed by atoms with Gasteiger partial charge in [0.25, 0.3) is 0 Å². The third kappa shape index (κ3) is 51.7. The summed E-state index contributed by atoms with van der Waals surface area (Å²) in [6.07, 6.45) is 51.1. The van der Waals surface area contributed by atoms with Crippen LogP contribution >= 0.6 is 0 Å². The van der Waals surface area contributed by atoms with Gasteiger partial charge in [-0.2, -0.15) is 0 Å². The average molecular weight is 1170 g/mol. The third-order valence-electron chi connectivity index (χ3n) is 16.3. The van der Waals surface area contributed by atoms with Gasteiger partial charge in [0, 0.05) is 32.1 Å². The molecule has 0 saturated heterocycles. The van der Waals surface area contributed by atoms with Gasteiger partial charge >= 0.3 is 29.8 Å². The van der Waals surface area contributed by atoms with Gasteiger partial charge in [0.05, 0.1) is 30.7 Å². The van der Waals surface area contributed by atoms with E-state index in [2.05, 4.69) is 34.6 Å². The van der Waals surface area contributed by atoms with Gasteiger partial charge in [-0.25, -0.2) is 0 Å². The fourth-order valence-corrected chi connectivity index (χ4v) is 10.4. The maximum atomic E-state index is 13.5. The predicted octanol–water partition coefficient (Wildman–Crippen LogP) is 19.3. The fourth-order valence-electron chi connectivity index (χ4n) is 10.4. The Labute approximate surface area is 504 Å². The van der Waals surface area contributed by atoms with Crippen LogP contribution in [0.3, 0.4) is 0 Å². The maximum Gasteiger partial charge on any atom is 0.305 e. The standard InChI is InChI=1S/C70H132O12/c1-6-11-16-21-26-31-36-41-46-51-64(72)78-59-69(56-71,60-79-65(73)52-47-42-37-32-27-22-17-12-7-2)57-77-58-70(61-80-66(74)53-48-43-38-33-28-23-18-13-8-3,62-81-67(75)54-49-44-39-34-29-24-19-14-9-4)63-82-68(76)55-50-45-40-35-30-25-20-15-10-5/h71H,6-63H2,1-5H3. The molecule has 0 bridgehead atoms. The molecule has 484 valence electrons. The van der Waals surface area contributed by atoms with E-state index in [1.54, 1.807) is 0 Å². The first-order chi connectivity index (χ1) is 40.0. The van der Waals surface area contributed by atoms with E-state index >= 15 is 0 Å². The van der Waals surface area contributed by atoms with Gasteiger partial charge in [0.1, 0.15) is 33.0 Å². The second kappa shape index (κ2) is 60.0. The first-order valence-corrected chi connectivity index (χ1v) is 35.0. The Bertz CT molecular complexity index is 1320. The first-order valence-electron chi connectivity index (χ1n) is 35.0. The average Bonchev–Trinajstić information content (AvgIpc) is 3.54. The molecule has 0 radical (unpaired) electrons. The molecule has 82 heavy (non-hydrogen) atoms. The van der Waals surface area contributed by atoms with Crippen molar-refractivity contribution in [3.8, 4) is 0 Å². The summed E-state index contributed by atoms with van der Waals surface area (Å²) in [6, 6.07) is 0. The number of hydrogen-bond acceptors (Lipinski definition) is 12. The Morgan fingerprint density at radius 1 is 0.232 bits per heavy atom. The van der Waals surface area contributed by atoms with Crippen molar-refractivity contribution in [1.29, 1.82) is 0 Å². The fraction of sp³-hybridized carbons (Fsp3) is 0.929. The second-order valence-electron chi connectivity index (χ2n) is 24.8. The zero-order valence-electron chi connectivity index (χ0n) is 54.5. The number of hydrogen-bond donors (Lipinski definition) is 1. The molecule has 0 aliphatic heterocycles. The van der Waals surface area contributed by atoms with Crippen molar-refractivity contribution in [2.75, 3.05) is 52.9 Å². The molecule has 0 heterocycles. The molecule has 0 aromatic carbocycles. The zero-order valence-corrected chi connectivity index (χ0v) is 54.5. The smallest absolute Gasteiger partial charge is 0.305 e. The van der Waals surface area contributed by atoms with Crippen molar-refractivity contribution in [1.82, 2.24) is 0 Å². The van der Waals surface area contributed by atoms with E-state index in [1.165, 1.54) is 161 Å². The molecular formula is C70H132O12. The van der Waals surface area contributed by atoms with Crippen LogP contribution in [0.1, 0.15) is 356 Å². The number of aliphatic hydroxyl groups is 1. The Kier molecular flexibility index (Phi) is 58.0. The summed E-state index contributed by atoms with van der Waals surface area (Å²) in [5.41, 5.74) is -2.64. The molecule has 0 aliphatic rings. The Morgan fingerprint density at radius 2 is 0.390 bits per heavy atom. The molecule has 0 spiro atoms. The van der Waals surface area contributed by atoms with Crippen molar-refractivity contribution in [3.05, 3.63) is 0 Å². The predicted molar refractivity (Wildman–Crippen MR) is 337 cm³/mol. The summed E-state index contributed by atoms with van der Waals surface area (Å²) in [7, 11) is 0. The number of carbonyl (C=O) groups is 5. The molecule has 0 aliphatic carbocycles. The monoisotopic (exact) mass is 1160 g/mol. The minimum absolute atomic E-state index is 0.199. The lowest BCUT2D eigenvalue weighted by Gasteiger charge is -2.35.